The number of halogens is 1. The second-order valence-electron chi connectivity index (χ2n) is 3.68. The minimum absolute atomic E-state index is 0.0218. The van der Waals surface area contributed by atoms with Crippen molar-refractivity contribution in [2.75, 3.05) is 0 Å². The lowest BCUT2D eigenvalue weighted by Crippen LogP contribution is -1.99. The molecule has 0 saturated carbocycles. The van der Waals surface area contributed by atoms with Crippen molar-refractivity contribution in [3.05, 3.63) is 39.3 Å². The minimum atomic E-state index is -0.853. The molecule has 0 unspecified atom stereocenters. The number of benzene rings is 1. The lowest BCUT2D eigenvalue weighted by molar-refractivity contribution is -0.136. The Morgan fingerprint density at radius 3 is 2.94 bits per heavy atom. The van der Waals surface area contributed by atoms with Gasteiger partial charge in [0.05, 0.1) is 12.1 Å². The molecule has 88 valence electrons. The number of carboxylic acid groups (broad SMARTS) is 1. The van der Waals surface area contributed by atoms with Crippen molar-refractivity contribution in [1.82, 2.24) is 4.98 Å². The first-order chi connectivity index (χ1) is 8.06. The van der Waals surface area contributed by atoms with Crippen LogP contribution in [0.15, 0.2) is 28.1 Å². The van der Waals surface area contributed by atoms with Gasteiger partial charge in [0.25, 0.3) is 0 Å². The van der Waals surface area contributed by atoms with Crippen LogP contribution in [0.4, 0.5) is 0 Å². The summed E-state index contributed by atoms with van der Waals surface area (Å²) in [5, 5.41) is 11.3. The van der Waals surface area contributed by atoms with Crippen LogP contribution in [-0.2, 0) is 11.2 Å². The maximum atomic E-state index is 10.6. The average Bonchev–Trinajstić information content (AvgIpc) is 2.69. The fourth-order valence-corrected chi connectivity index (χ4v) is 2.52. The highest BCUT2D eigenvalue weighted by Crippen LogP contribution is 2.27. The molecule has 1 heterocycles. The lowest BCUT2D eigenvalue weighted by atomic mass is 10.1. The zero-order chi connectivity index (χ0) is 12.4. The first kappa shape index (κ1) is 12.3. The van der Waals surface area contributed by atoms with E-state index in [2.05, 4.69) is 20.9 Å². The van der Waals surface area contributed by atoms with E-state index in [9.17, 15) is 4.79 Å². The fourth-order valence-electron chi connectivity index (χ4n) is 1.45. The fraction of sp³-hybridized carbons (Fsp3) is 0.167. The smallest absolute Gasteiger partial charge is 0.309 e. The van der Waals surface area contributed by atoms with E-state index in [1.165, 1.54) is 11.3 Å². The number of hydrogen-bond donors (Lipinski definition) is 1. The van der Waals surface area contributed by atoms with Crippen LogP contribution in [0.3, 0.4) is 0 Å². The Balaban J connectivity index is 2.30. The number of aryl methyl sites for hydroxylation is 1. The highest BCUT2D eigenvalue weighted by atomic mass is 79.9. The molecule has 0 aliphatic carbocycles. The summed E-state index contributed by atoms with van der Waals surface area (Å²) in [4.78, 5) is 14.9. The number of nitrogens with zero attached hydrogens (tertiary/aromatic N) is 1. The van der Waals surface area contributed by atoms with E-state index in [1.54, 1.807) is 5.38 Å². The van der Waals surface area contributed by atoms with Crippen molar-refractivity contribution in [1.29, 1.82) is 0 Å². The van der Waals surface area contributed by atoms with Crippen LogP contribution >= 0.6 is 27.3 Å². The Labute approximate surface area is 111 Å². The average molecular weight is 312 g/mol. The number of carboxylic acids is 1. The molecule has 0 bridgehead atoms. The highest BCUT2D eigenvalue weighted by Gasteiger charge is 2.08. The normalized spacial score (nSPS) is 10.5. The molecule has 0 aliphatic heterocycles. The number of thiazole rings is 1. The van der Waals surface area contributed by atoms with Crippen molar-refractivity contribution in [3.8, 4) is 10.6 Å². The first-order valence-corrected chi connectivity index (χ1v) is 6.66. The maximum Gasteiger partial charge on any atom is 0.309 e. The van der Waals surface area contributed by atoms with Crippen molar-refractivity contribution >= 4 is 33.2 Å². The molecule has 1 N–H and O–H groups in total. The number of carbonyl (C=O) groups is 1. The molecule has 0 saturated heterocycles. The predicted molar refractivity (Wildman–Crippen MR) is 71.3 cm³/mol. The zero-order valence-corrected chi connectivity index (χ0v) is 11.5. The third kappa shape index (κ3) is 2.92. The Bertz CT molecular complexity index is 565. The van der Waals surface area contributed by atoms with Gasteiger partial charge < -0.3 is 5.11 Å². The Kier molecular flexibility index (Phi) is 3.59. The summed E-state index contributed by atoms with van der Waals surface area (Å²) in [6.07, 6.45) is -0.0218. The molecular formula is C12H10BrNO2S. The van der Waals surface area contributed by atoms with Gasteiger partial charge in [0.15, 0.2) is 0 Å². The molecule has 0 aliphatic rings. The van der Waals surface area contributed by atoms with Crippen LogP contribution < -0.4 is 0 Å². The highest BCUT2D eigenvalue weighted by molar-refractivity contribution is 9.10. The van der Waals surface area contributed by atoms with E-state index in [0.717, 1.165) is 20.6 Å². The number of hydrogen-bond acceptors (Lipinski definition) is 3. The summed E-state index contributed by atoms with van der Waals surface area (Å²) in [5.41, 5.74) is 2.77. The monoisotopic (exact) mass is 311 g/mol. The van der Waals surface area contributed by atoms with Gasteiger partial charge in [-0.1, -0.05) is 22.0 Å². The van der Waals surface area contributed by atoms with Gasteiger partial charge in [0.2, 0.25) is 0 Å². The Morgan fingerprint density at radius 2 is 2.29 bits per heavy atom. The van der Waals surface area contributed by atoms with Crippen LogP contribution in [0.1, 0.15) is 11.3 Å². The van der Waals surface area contributed by atoms with Crippen molar-refractivity contribution in [2.45, 2.75) is 13.3 Å². The summed E-state index contributed by atoms with van der Waals surface area (Å²) < 4.78 is 1.06. The Morgan fingerprint density at radius 1 is 1.53 bits per heavy atom. The van der Waals surface area contributed by atoms with Crippen LogP contribution in [0.5, 0.6) is 0 Å². The standard InChI is InChI=1S/C12H10BrNO2S/c1-7-4-8(2-3-10(7)13)12-14-9(6-17-12)5-11(15)16/h2-4,6H,5H2,1H3,(H,15,16). The van der Waals surface area contributed by atoms with E-state index in [4.69, 9.17) is 5.11 Å². The summed E-state index contributed by atoms with van der Waals surface area (Å²) >= 11 is 4.91. The number of aromatic nitrogens is 1. The van der Waals surface area contributed by atoms with E-state index >= 15 is 0 Å². The molecule has 0 atom stereocenters. The van der Waals surface area contributed by atoms with Crippen molar-refractivity contribution in [3.63, 3.8) is 0 Å². The maximum absolute atomic E-state index is 10.6. The zero-order valence-electron chi connectivity index (χ0n) is 9.11. The molecule has 0 spiro atoms. The molecule has 2 aromatic rings. The van der Waals surface area contributed by atoms with Crippen LogP contribution in [0.2, 0.25) is 0 Å². The summed E-state index contributed by atoms with van der Waals surface area (Å²) in [5.74, 6) is -0.853. The van der Waals surface area contributed by atoms with Crippen molar-refractivity contribution < 1.29 is 9.90 Å². The van der Waals surface area contributed by atoms with Gasteiger partial charge in [0, 0.05) is 15.4 Å². The molecule has 0 fully saturated rings. The van der Waals surface area contributed by atoms with Crippen LogP contribution in [-0.4, -0.2) is 16.1 Å². The first-order valence-electron chi connectivity index (χ1n) is 4.99. The largest absolute Gasteiger partial charge is 0.481 e. The molecule has 1 aromatic carbocycles. The Hall–Kier alpha value is -1.20. The van der Waals surface area contributed by atoms with Gasteiger partial charge in [0.1, 0.15) is 5.01 Å². The van der Waals surface area contributed by atoms with E-state index in [1.807, 2.05) is 25.1 Å². The molecule has 0 amide bonds. The lowest BCUT2D eigenvalue weighted by Gasteiger charge is -2.00. The second kappa shape index (κ2) is 4.98. The SMILES string of the molecule is Cc1cc(-c2nc(CC(=O)O)cs2)ccc1Br. The van der Waals surface area contributed by atoms with Crippen LogP contribution in [0.25, 0.3) is 10.6 Å². The summed E-state index contributed by atoms with van der Waals surface area (Å²) in [7, 11) is 0. The van der Waals surface area contributed by atoms with E-state index in [0.29, 0.717) is 5.69 Å². The van der Waals surface area contributed by atoms with Gasteiger partial charge in [-0.3, -0.25) is 4.79 Å². The van der Waals surface area contributed by atoms with Gasteiger partial charge in [-0.05, 0) is 24.6 Å². The molecular weight excluding hydrogens is 302 g/mol. The minimum Gasteiger partial charge on any atom is -0.481 e. The summed E-state index contributed by atoms with van der Waals surface area (Å²) in [6.45, 7) is 2.01. The third-order valence-electron chi connectivity index (χ3n) is 2.29. The van der Waals surface area contributed by atoms with Crippen molar-refractivity contribution in [2.24, 2.45) is 0 Å². The van der Waals surface area contributed by atoms with Gasteiger partial charge >= 0.3 is 5.97 Å². The van der Waals surface area contributed by atoms with Gasteiger partial charge in [-0.25, -0.2) is 4.98 Å². The van der Waals surface area contributed by atoms with Crippen LogP contribution in [0, 0.1) is 6.92 Å². The topological polar surface area (TPSA) is 50.2 Å². The predicted octanol–water partition coefficient (Wildman–Crippen LogP) is 3.51. The molecule has 17 heavy (non-hydrogen) atoms. The second-order valence-corrected chi connectivity index (χ2v) is 5.39. The van der Waals surface area contributed by atoms with Gasteiger partial charge in [-0.2, -0.15) is 0 Å². The molecule has 3 nitrogen and oxygen atoms in total. The van der Waals surface area contributed by atoms with E-state index < -0.39 is 5.97 Å². The third-order valence-corrected chi connectivity index (χ3v) is 4.12. The quantitative estimate of drug-likeness (QED) is 0.943. The molecule has 2 rings (SSSR count). The van der Waals surface area contributed by atoms with E-state index in [-0.39, 0.29) is 6.42 Å². The molecule has 5 heteroatoms. The number of rotatable bonds is 3. The molecule has 0 radical (unpaired) electrons. The number of aliphatic carboxylic acids is 1. The van der Waals surface area contributed by atoms with Gasteiger partial charge in [-0.15, -0.1) is 11.3 Å². The summed E-state index contributed by atoms with van der Waals surface area (Å²) in [6, 6.07) is 5.98. The molecule has 1 aromatic heterocycles.